The second-order valence-electron chi connectivity index (χ2n) is 4.84. The van der Waals surface area contributed by atoms with Gasteiger partial charge < -0.3 is 9.68 Å². The predicted molar refractivity (Wildman–Crippen MR) is 64.5 cm³/mol. The van der Waals surface area contributed by atoms with E-state index in [1.807, 2.05) is 0 Å². The van der Waals surface area contributed by atoms with Crippen molar-refractivity contribution >= 4 is 11.9 Å². The Hall–Kier alpha value is -1.14. The van der Waals surface area contributed by atoms with Crippen LogP contribution in [-0.2, 0) is 19.3 Å². The molecule has 0 aromatic heterocycles. The first-order chi connectivity index (χ1) is 8.69. The fraction of sp³-hybridized carbons (Fsp3) is 0.833. The van der Waals surface area contributed by atoms with Crippen LogP contribution in [0.4, 0.5) is 0 Å². The van der Waals surface area contributed by atoms with E-state index in [0.29, 0.717) is 0 Å². The molecule has 1 aliphatic rings. The summed E-state index contributed by atoms with van der Waals surface area (Å²) >= 11 is 0. The van der Waals surface area contributed by atoms with Crippen molar-refractivity contribution in [3.63, 3.8) is 0 Å². The summed E-state index contributed by atoms with van der Waals surface area (Å²) in [4.78, 5) is 31.4. The van der Waals surface area contributed by atoms with Crippen molar-refractivity contribution in [3.05, 3.63) is 0 Å². The van der Waals surface area contributed by atoms with Gasteiger partial charge in [-0.2, -0.15) is 11.8 Å². The largest absolute Gasteiger partial charge is 0.373 e. The Bertz CT molecular complexity index is 243. The molecule has 0 unspecified atom stereocenters. The molecule has 6 nitrogen and oxygen atoms in total. The van der Waals surface area contributed by atoms with Crippen molar-refractivity contribution in [1.29, 1.82) is 0 Å². The lowest BCUT2D eigenvalue weighted by molar-refractivity contribution is -0.151. The number of hydrogen-bond acceptors (Lipinski definition) is 6. The van der Waals surface area contributed by atoms with Crippen LogP contribution < -0.4 is 11.8 Å². The van der Waals surface area contributed by atoms with E-state index in [2.05, 4.69) is 9.68 Å². The maximum Gasteiger partial charge on any atom is 0.327 e. The highest BCUT2D eigenvalue weighted by Gasteiger charge is 2.23. The fourth-order valence-electron chi connectivity index (χ4n) is 2.52. The zero-order valence-corrected chi connectivity index (χ0v) is 10.6. The SMILES string of the molecule is NOC(=O)C1CCCCC(C(=O)ON)CCCC1. The molecule has 0 atom stereocenters. The first-order valence-electron chi connectivity index (χ1n) is 6.50. The molecular formula is C12H22N2O4. The lowest BCUT2D eigenvalue weighted by Gasteiger charge is -2.19. The van der Waals surface area contributed by atoms with Crippen molar-refractivity contribution in [2.45, 2.75) is 51.4 Å². The zero-order chi connectivity index (χ0) is 13.4. The van der Waals surface area contributed by atoms with Crippen LogP contribution in [0.3, 0.4) is 0 Å². The first kappa shape index (κ1) is 14.9. The molecule has 4 N–H and O–H groups in total. The van der Waals surface area contributed by atoms with Gasteiger partial charge >= 0.3 is 11.9 Å². The molecule has 0 amide bonds. The molecule has 1 fully saturated rings. The highest BCUT2D eigenvalue weighted by atomic mass is 16.7. The summed E-state index contributed by atoms with van der Waals surface area (Å²) in [6.07, 6.45) is 6.59. The number of nitrogens with two attached hydrogens (primary N) is 2. The third-order valence-electron chi connectivity index (χ3n) is 3.61. The van der Waals surface area contributed by atoms with Gasteiger partial charge in [0.15, 0.2) is 0 Å². The van der Waals surface area contributed by atoms with Crippen LogP contribution in [-0.4, -0.2) is 11.9 Å². The molecule has 0 heterocycles. The average molecular weight is 258 g/mol. The van der Waals surface area contributed by atoms with E-state index >= 15 is 0 Å². The van der Waals surface area contributed by atoms with Crippen molar-refractivity contribution in [2.24, 2.45) is 23.6 Å². The molecule has 0 saturated heterocycles. The number of carbonyl (C=O) groups is 2. The van der Waals surface area contributed by atoms with E-state index in [1.54, 1.807) is 0 Å². The Morgan fingerprint density at radius 1 is 0.722 bits per heavy atom. The average Bonchev–Trinajstić information content (AvgIpc) is 2.42. The van der Waals surface area contributed by atoms with Gasteiger partial charge in [-0.25, -0.2) is 0 Å². The van der Waals surface area contributed by atoms with Crippen molar-refractivity contribution in [3.8, 4) is 0 Å². The minimum absolute atomic E-state index is 0.104. The van der Waals surface area contributed by atoms with Crippen molar-refractivity contribution in [2.75, 3.05) is 0 Å². The van der Waals surface area contributed by atoms with Gasteiger partial charge in [0.05, 0.1) is 11.8 Å². The molecule has 0 bridgehead atoms. The van der Waals surface area contributed by atoms with Crippen molar-refractivity contribution < 1.29 is 19.3 Å². The zero-order valence-electron chi connectivity index (χ0n) is 10.6. The van der Waals surface area contributed by atoms with Crippen LogP contribution in [0.15, 0.2) is 0 Å². The maximum atomic E-state index is 11.4. The lowest BCUT2D eigenvalue weighted by Crippen LogP contribution is -2.23. The van der Waals surface area contributed by atoms with Crippen LogP contribution >= 0.6 is 0 Å². The van der Waals surface area contributed by atoms with E-state index in [0.717, 1.165) is 51.4 Å². The Balaban J connectivity index is 2.45. The molecule has 0 aromatic carbocycles. The fourth-order valence-corrected chi connectivity index (χ4v) is 2.52. The quantitative estimate of drug-likeness (QED) is 0.721. The number of hydrogen-bond donors (Lipinski definition) is 2. The van der Waals surface area contributed by atoms with Crippen LogP contribution in [0.25, 0.3) is 0 Å². The third-order valence-corrected chi connectivity index (χ3v) is 3.61. The minimum atomic E-state index is -0.325. The van der Waals surface area contributed by atoms with Crippen LogP contribution in [0.2, 0.25) is 0 Å². The van der Waals surface area contributed by atoms with Gasteiger partial charge in [0.25, 0.3) is 0 Å². The highest BCUT2D eigenvalue weighted by Crippen LogP contribution is 2.25. The lowest BCUT2D eigenvalue weighted by atomic mass is 9.88. The molecule has 1 aliphatic carbocycles. The summed E-state index contributed by atoms with van der Waals surface area (Å²) < 4.78 is 0. The Kier molecular flexibility index (Phi) is 6.67. The molecule has 104 valence electrons. The van der Waals surface area contributed by atoms with Gasteiger partial charge in [-0.1, -0.05) is 25.7 Å². The summed E-state index contributed by atoms with van der Waals surface area (Å²) in [5.41, 5.74) is 0. The van der Waals surface area contributed by atoms with Crippen LogP contribution in [0.1, 0.15) is 51.4 Å². The minimum Gasteiger partial charge on any atom is -0.373 e. The maximum absolute atomic E-state index is 11.4. The highest BCUT2D eigenvalue weighted by molar-refractivity contribution is 5.72. The smallest absolute Gasteiger partial charge is 0.327 e. The number of rotatable bonds is 2. The second-order valence-corrected chi connectivity index (χ2v) is 4.84. The summed E-state index contributed by atoms with van der Waals surface area (Å²) in [5.74, 6) is 8.98. The predicted octanol–water partition coefficient (Wildman–Crippen LogP) is 1.19. The molecule has 0 aliphatic heterocycles. The molecule has 0 spiro atoms. The monoisotopic (exact) mass is 258 g/mol. The topological polar surface area (TPSA) is 105 Å². The van der Waals surface area contributed by atoms with E-state index < -0.39 is 0 Å². The Morgan fingerprint density at radius 2 is 1.00 bits per heavy atom. The van der Waals surface area contributed by atoms with E-state index in [1.165, 1.54) is 0 Å². The second kappa shape index (κ2) is 8.05. The van der Waals surface area contributed by atoms with Gasteiger partial charge in [0.1, 0.15) is 0 Å². The third kappa shape index (κ3) is 4.62. The normalized spacial score (nSPS) is 26.1. The first-order valence-corrected chi connectivity index (χ1v) is 6.50. The Labute approximate surface area is 107 Å². The molecule has 6 heteroatoms. The summed E-state index contributed by atoms with van der Waals surface area (Å²) in [6, 6.07) is 0. The molecule has 1 rings (SSSR count). The van der Waals surface area contributed by atoms with Gasteiger partial charge in [-0.05, 0) is 25.7 Å². The Morgan fingerprint density at radius 3 is 1.22 bits per heavy atom. The van der Waals surface area contributed by atoms with Gasteiger partial charge in [-0.15, -0.1) is 0 Å². The summed E-state index contributed by atoms with van der Waals surface area (Å²) in [5, 5.41) is 0. The van der Waals surface area contributed by atoms with E-state index in [4.69, 9.17) is 11.8 Å². The van der Waals surface area contributed by atoms with E-state index in [9.17, 15) is 9.59 Å². The standard InChI is InChI=1S/C12H22N2O4/c13-17-11(15)9-5-1-2-6-10(12(16)18-14)8-4-3-7-9/h9-10H,1-8,13-14H2. The van der Waals surface area contributed by atoms with Crippen molar-refractivity contribution in [1.82, 2.24) is 0 Å². The van der Waals surface area contributed by atoms with Crippen LogP contribution in [0.5, 0.6) is 0 Å². The molecule has 0 radical (unpaired) electrons. The molecule has 1 saturated carbocycles. The number of carbonyl (C=O) groups excluding carboxylic acids is 2. The van der Waals surface area contributed by atoms with Crippen LogP contribution in [0, 0.1) is 11.8 Å². The van der Waals surface area contributed by atoms with Gasteiger partial charge in [0.2, 0.25) is 0 Å². The van der Waals surface area contributed by atoms with Gasteiger partial charge in [0, 0.05) is 0 Å². The van der Waals surface area contributed by atoms with Gasteiger partial charge in [-0.3, -0.25) is 9.59 Å². The summed E-state index contributed by atoms with van der Waals surface area (Å²) in [7, 11) is 0. The molecular weight excluding hydrogens is 236 g/mol. The summed E-state index contributed by atoms with van der Waals surface area (Å²) in [6.45, 7) is 0. The molecule has 0 aromatic rings. The molecule has 18 heavy (non-hydrogen) atoms. The van der Waals surface area contributed by atoms with E-state index in [-0.39, 0.29) is 23.8 Å².